The van der Waals surface area contributed by atoms with Crippen LogP contribution < -0.4 is 5.32 Å². The van der Waals surface area contributed by atoms with E-state index in [0.29, 0.717) is 0 Å². The number of alkyl carbamates (subject to hydrolysis) is 1. The van der Waals surface area contributed by atoms with Gasteiger partial charge in [-0.05, 0) is 12.1 Å². The maximum Gasteiger partial charge on any atom is 0.416 e. The summed E-state index contributed by atoms with van der Waals surface area (Å²) in [4.78, 5) is 11.3. The van der Waals surface area contributed by atoms with E-state index in [1.165, 1.54) is 12.1 Å². The van der Waals surface area contributed by atoms with Crippen molar-refractivity contribution >= 4 is 30.1 Å². The number of ether oxygens (including phenoxy) is 1. The average molecular weight is 344 g/mol. The van der Waals surface area contributed by atoms with E-state index >= 15 is 0 Å². The quantitative estimate of drug-likeness (QED) is 0.809. The second kappa shape index (κ2) is 5.93. The molecule has 1 aliphatic rings. The molecule has 1 aliphatic heterocycles. The van der Waals surface area contributed by atoms with Crippen molar-refractivity contribution in [3.8, 4) is 0 Å². The van der Waals surface area contributed by atoms with E-state index in [1.54, 1.807) is 13.8 Å². The lowest BCUT2D eigenvalue weighted by Crippen LogP contribution is -2.47. The predicted molar refractivity (Wildman–Crippen MR) is 74.7 cm³/mol. The first kappa shape index (κ1) is 17.9. The van der Waals surface area contributed by atoms with Crippen LogP contribution in [0.5, 0.6) is 0 Å². The van der Waals surface area contributed by atoms with E-state index in [4.69, 9.17) is 16.3 Å². The number of alkyl halides is 3. The zero-order valence-electron chi connectivity index (χ0n) is 11.3. The highest BCUT2D eigenvalue weighted by atomic mass is 35.5. The number of rotatable bonds is 1. The normalized spacial score (nSPS) is 21.0. The molecule has 0 aliphatic carbocycles. The average Bonchev–Trinajstić information content (AvgIpc) is 2.31. The Morgan fingerprint density at radius 3 is 2.57 bits per heavy atom. The van der Waals surface area contributed by atoms with Crippen molar-refractivity contribution in [2.24, 2.45) is 5.41 Å². The minimum atomic E-state index is -4.54. The number of carbonyl (C=O) groups excluding carboxylic acids is 1. The van der Waals surface area contributed by atoms with Crippen molar-refractivity contribution < 1.29 is 22.7 Å². The summed E-state index contributed by atoms with van der Waals surface area (Å²) in [5.74, 6) is 0. The summed E-state index contributed by atoms with van der Waals surface area (Å²) in [6.07, 6.45) is -5.29. The van der Waals surface area contributed by atoms with Gasteiger partial charge in [-0.3, -0.25) is 0 Å². The molecule has 1 fully saturated rings. The monoisotopic (exact) mass is 343 g/mol. The van der Waals surface area contributed by atoms with E-state index in [2.05, 4.69) is 5.32 Å². The number of hydrogen-bond donors (Lipinski definition) is 1. The Labute approximate surface area is 131 Å². The van der Waals surface area contributed by atoms with Gasteiger partial charge in [0.15, 0.2) is 0 Å². The molecule has 1 aromatic carbocycles. The van der Waals surface area contributed by atoms with Gasteiger partial charge in [0.25, 0.3) is 0 Å². The van der Waals surface area contributed by atoms with Crippen LogP contribution in [0.1, 0.15) is 31.0 Å². The first-order valence-corrected chi connectivity index (χ1v) is 6.29. The minimum absolute atomic E-state index is 0. The molecular weight excluding hydrogens is 330 g/mol. The summed E-state index contributed by atoms with van der Waals surface area (Å²) in [5, 5.41) is 2.40. The molecule has 0 radical (unpaired) electrons. The molecular formula is C13H14Cl2F3NO2. The second-order valence-corrected chi connectivity index (χ2v) is 5.75. The molecule has 118 valence electrons. The highest BCUT2D eigenvalue weighted by Gasteiger charge is 2.44. The third-order valence-electron chi connectivity index (χ3n) is 3.27. The lowest BCUT2D eigenvalue weighted by molar-refractivity contribution is -0.139. The number of nitrogens with one attached hydrogen (secondary N) is 1. The van der Waals surface area contributed by atoms with Crippen LogP contribution in [-0.4, -0.2) is 12.7 Å². The standard InChI is InChI=1S/C13H13ClF3NO2.ClH/c1-12(2)6-20-11(19)18-10(12)9-7(13(15,16)17)4-3-5-8(9)14;/h3-5,10H,6H2,1-2H3,(H,18,19);1H/t10-;/m1./s1. The molecule has 0 saturated carbocycles. The highest BCUT2D eigenvalue weighted by molar-refractivity contribution is 6.31. The van der Waals surface area contributed by atoms with Crippen LogP contribution in [0.15, 0.2) is 18.2 Å². The van der Waals surface area contributed by atoms with Gasteiger partial charge < -0.3 is 10.1 Å². The van der Waals surface area contributed by atoms with Crippen molar-refractivity contribution in [1.29, 1.82) is 0 Å². The topological polar surface area (TPSA) is 38.3 Å². The number of halogens is 5. The van der Waals surface area contributed by atoms with E-state index in [-0.39, 0.29) is 29.6 Å². The van der Waals surface area contributed by atoms with Crippen LogP contribution >= 0.6 is 24.0 Å². The van der Waals surface area contributed by atoms with Gasteiger partial charge in [0.1, 0.15) is 6.61 Å². The van der Waals surface area contributed by atoms with Gasteiger partial charge in [-0.25, -0.2) is 4.79 Å². The molecule has 0 bridgehead atoms. The maximum atomic E-state index is 13.1. The number of carbonyl (C=O) groups is 1. The third-order valence-corrected chi connectivity index (χ3v) is 3.60. The molecule has 1 saturated heterocycles. The third kappa shape index (κ3) is 3.55. The van der Waals surface area contributed by atoms with Crippen LogP contribution in [0.4, 0.5) is 18.0 Å². The van der Waals surface area contributed by atoms with Gasteiger partial charge >= 0.3 is 12.3 Å². The Kier molecular flexibility index (Phi) is 5.05. The van der Waals surface area contributed by atoms with Gasteiger partial charge in [-0.1, -0.05) is 31.5 Å². The van der Waals surface area contributed by atoms with Gasteiger partial charge in [0.2, 0.25) is 0 Å². The summed E-state index contributed by atoms with van der Waals surface area (Å²) in [6, 6.07) is 2.71. The fourth-order valence-corrected chi connectivity index (χ4v) is 2.51. The summed E-state index contributed by atoms with van der Waals surface area (Å²) in [6.45, 7) is 3.44. The van der Waals surface area contributed by atoms with Gasteiger partial charge in [-0.2, -0.15) is 13.2 Å². The molecule has 21 heavy (non-hydrogen) atoms. The Morgan fingerprint density at radius 2 is 2.00 bits per heavy atom. The molecule has 1 atom stereocenters. The van der Waals surface area contributed by atoms with Gasteiger partial charge in [-0.15, -0.1) is 12.4 Å². The van der Waals surface area contributed by atoms with E-state index in [0.717, 1.165) is 6.07 Å². The van der Waals surface area contributed by atoms with Crippen LogP contribution in [0, 0.1) is 5.41 Å². The maximum absolute atomic E-state index is 13.1. The van der Waals surface area contributed by atoms with E-state index in [1.807, 2.05) is 0 Å². The summed E-state index contributed by atoms with van der Waals surface area (Å²) < 4.78 is 44.2. The molecule has 8 heteroatoms. The predicted octanol–water partition coefficient (Wildman–Crippen LogP) is 4.59. The number of amides is 1. The Balaban J connectivity index is 0.00000220. The summed E-state index contributed by atoms with van der Waals surface area (Å²) >= 11 is 5.95. The van der Waals surface area contributed by atoms with Crippen molar-refractivity contribution in [1.82, 2.24) is 5.32 Å². The van der Waals surface area contributed by atoms with Crippen LogP contribution in [-0.2, 0) is 10.9 Å². The van der Waals surface area contributed by atoms with Gasteiger partial charge in [0.05, 0.1) is 11.6 Å². The largest absolute Gasteiger partial charge is 0.449 e. The zero-order valence-corrected chi connectivity index (χ0v) is 12.8. The van der Waals surface area contributed by atoms with Gasteiger partial charge in [0, 0.05) is 16.0 Å². The lowest BCUT2D eigenvalue weighted by Gasteiger charge is -2.39. The highest BCUT2D eigenvalue weighted by Crippen LogP contribution is 2.45. The van der Waals surface area contributed by atoms with E-state index in [9.17, 15) is 18.0 Å². The molecule has 0 aromatic heterocycles. The molecule has 2 rings (SSSR count). The second-order valence-electron chi connectivity index (χ2n) is 5.34. The Morgan fingerprint density at radius 1 is 1.38 bits per heavy atom. The van der Waals surface area contributed by atoms with Crippen molar-refractivity contribution in [3.05, 3.63) is 34.3 Å². The van der Waals surface area contributed by atoms with E-state index < -0.39 is 29.3 Å². The van der Waals surface area contributed by atoms with Crippen LogP contribution in [0.2, 0.25) is 5.02 Å². The molecule has 1 heterocycles. The molecule has 0 spiro atoms. The van der Waals surface area contributed by atoms with Crippen LogP contribution in [0.25, 0.3) is 0 Å². The lowest BCUT2D eigenvalue weighted by atomic mass is 9.78. The molecule has 1 amide bonds. The Hall–Kier alpha value is -1.14. The first-order chi connectivity index (χ1) is 9.13. The summed E-state index contributed by atoms with van der Waals surface area (Å²) in [7, 11) is 0. The minimum Gasteiger partial charge on any atom is -0.449 e. The number of hydrogen-bond acceptors (Lipinski definition) is 2. The summed E-state index contributed by atoms with van der Waals surface area (Å²) in [5.41, 5.74) is -1.67. The molecule has 1 N–H and O–H groups in total. The number of cyclic esters (lactones) is 1. The fraction of sp³-hybridized carbons (Fsp3) is 0.462. The Bertz CT molecular complexity index is 547. The molecule has 3 nitrogen and oxygen atoms in total. The SMILES string of the molecule is CC1(C)COC(=O)N[C@@H]1c1c(Cl)cccc1C(F)(F)F.Cl. The number of benzene rings is 1. The fourth-order valence-electron chi connectivity index (χ4n) is 2.23. The molecule has 1 aromatic rings. The van der Waals surface area contributed by atoms with Crippen LogP contribution in [0.3, 0.4) is 0 Å². The first-order valence-electron chi connectivity index (χ1n) is 5.92. The van der Waals surface area contributed by atoms with Crippen molar-refractivity contribution in [3.63, 3.8) is 0 Å². The smallest absolute Gasteiger partial charge is 0.416 e. The zero-order chi connectivity index (χ0) is 15.1. The van der Waals surface area contributed by atoms with Crippen molar-refractivity contribution in [2.45, 2.75) is 26.1 Å². The van der Waals surface area contributed by atoms with Crippen molar-refractivity contribution in [2.75, 3.05) is 6.61 Å². The molecule has 0 unspecified atom stereocenters.